The maximum atomic E-state index is 12.0. The molecule has 5 heteroatoms. The first kappa shape index (κ1) is 17.5. The van der Waals surface area contributed by atoms with Crippen LogP contribution in [0.25, 0.3) is 0 Å². The van der Waals surface area contributed by atoms with Gasteiger partial charge in [0.05, 0.1) is 12.6 Å². The maximum absolute atomic E-state index is 12.0. The molecule has 1 rings (SSSR count). The molecule has 0 aliphatic heterocycles. The zero-order valence-electron chi connectivity index (χ0n) is 12.9. The highest BCUT2D eigenvalue weighted by atomic mass is 35.5. The zero-order chi connectivity index (χ0) is 16.0. The van der Waals surface area contributed by atoms with Crippen molar-refractivity contribution in [3.05, 3.63) is 34.9 Å². The van der Waals surface area contributed by atoms with E-state index in [1.807, 2.05) is 45.0 Å². The molecule has 1 aromatic carbocycles. The molecule has 1 aromatic rings. The number of hydrogen-bond donors (Lipinski definition) is 2. The summed E-state index contributed by atoms with van der Waals surface area (Å²) in [5.74, 6) is -0.145. The molecule has 0 saturated heterocycles. The Kier molecular flexibility index (Phi) is 6.19. The van der Waals surface area contributed by atoms with E-state index in [0.29, 0.717) is 5.02 Å². The van der Waals surface area contributed by atoms with Crippen LogP contribution in [0.3, 0.4) is 0 Å². The molecule has 114 valence electrons. The van der Waals surface area contributed by atoms with Crippen molar-refractivity contribution in [2.24, 2.45) is 5.92 Å². The normalized spacial score (nSPS) is 15.1. The van der Waals surface area contributed by atoms with Crippen molar-refractivity contribution in [3.63, 3.8) is 0 Å². The number of hydrogen-bond acceptors (Lipinski definition) is 3. The fourth-order valence-electron chi connectivity index (χ4n) is 1.75. The van der Waals surface area contributed by atoms with E-state index in [9.17, 15) is 10.1 Å². The molecule has 1 amide bonds. The van der Waals surface area contributed by atoms with Gasteiger partial charge in [-0.25, -0.2) is 0 Å². The van der Waals surface area contributed by atoms with Crippen LogP contribution in [0.2, 0.25) is 5.02 Å². The largest absolute Gasteiger partial charge is 0.337 e. The van der Waals surface area contributed by atoms with Crippen LogP contribution in [-0.4, -0.2) is 18.0 Å². The molecule has 21 heavy (non-hydrogen) atoms. The number of nitriles is 1. The predicted octanol–water partition coefficient (Wildman–Crippen LogP) is 3.05. The van der Waals surface area contributed by atoms with E-state index < -0.39 is 5.54 Å². The lowest BCUT2D eigenvalue weighted by molar-refractivity contribution is -0.122. The van der Waals surface area contributed by atoms with E-state index in [1.54, 1.807) is 6.92 Å². The monoisotopic (exact) mass is 307 g/mol. The number of benzene rings is 1. The first-order chi connectivity index (χ1) is 9.78. The molecule has 0 heterocycles. The third-order valence-corrected chi connectivity index (χ3v) is 3.98. The summed E-state index contributed by atoms with van der Waals surface area (Å²) < 4.78 is 0. The van der Waals surface area contributed by atoms with Crippen LogP contribution in [-0.2, 0) is 4.79 Å². The smallest absolute Gasteiger partial charge is 0.235 e. The van der Waals surface area contributed by atoms with Gasteiger partial charge in [0.1, 0.15) is 5.54 Å². The summed E-state index contributed by atoms with van der Waals surface area (Å²) in [5, 5.41) is 15.8. The standard InChI is InChI=1S/C16H22ClN3O/c1-11(2)16(4,10-18)20-15(21)9-19-12(3)13-5-7-14(17)8-6-13/h5-8,11-12,19H,9H2,1-4H3,(H,20,21)/t12-,16-/m0/s1. The molecule has 0 spiro atoms. The van der Waals surface area contributed by atoms with Gasteiger partial charge in [-0.3, -0.25) is 4.79 Å². The highest BCUT2D eigenvalue weighted by Crippen LogP contribution is 2.16. The summed E-state index contributed by atoms with van der Waals surface area (Å²) in [5.41, 5.74) is 0.210. The third-order valence-electron chi connectivity index (χ3n) is 3.72. The molecule has 0 aromatic heterocycles. The van der Waals surface area contributed by atoms with Crippen LogP contribution < -0.4 is 10.6 Å². The molecule has 0 fully saturated rings. The number of nitrogens with zero attached hydrogens (tertiary/aromatic N) is 1. The zero-order valence-corrected chi connectivity index (χ0v) is 13.7. The van der Waals surface area contributed by atoms with Crippen LogP contribution in [0.5, 0.6) is 0 Å². The second kappa shape index (κ2) is 7.44. The quantitative estimate of drug-likeness (QED) is 0.849. The van der Waals surface area contributed by atoms with E-state index in [4.69, 9.17) is 11.6 Å². The summed E-state index contributed by atoms with van der Waals surface area (Å²) in [6, 6.07) is 9.67. The van der Waals surface area contributed by atoms with Gasteiger partial charge in [0.25, 0.3) is 0 Å². The third kappa shape index (κ3) is 5.04. The van der Waals surface area contributed by atoms with Crippen molar-refractivity contribution in [2.45, 2.75) is 39.3 Å². The molecule has 0 saturated carbocycles. The summed E-state index contributed by atoms with van der Waals surface area (Å²) in [6.45, 7) is 7.69. The first-order valence-corrected chi connectivity index (χ1v) is 7.37. The number of carbonyl (C=O) groups is 1. The molecule has 0 aliphatic carbocycles. The molecule has 4 nitrogen and oxygen atoms in total. The van der Waals surface area contributed by atoms with Gasteiger partial charge >= 0.3 is 0 Å². The Balaban J connectivity index is 2.53. The number of nitrogens with one attached hydrogen (secondary N) is 2. The van der Waals surface area contributed by atoms with Crippen LogP contribution >= 0.6 is 11.6 Å². The lowest BCUT2D eigenvalue weighted by atomic mass is 9.90. The summed E-state index contributed by atoms with van der Waals surface area (Å²) in [4.78, 5) is 12.0. The van der Waals surface area contributed by atoms with Gasteiger partial charge in [0.15, 0.2) is 0 Å². The fourth-order valence-corrected chi connectivity index (χ4v) is 1.88. The van der Waals surface area contributed by atoms with E-state index >= 15 is 0 Å². The van der Waals surface area contributed by atoms with Crippen molar-refractivity contribution < 1.29 is 4.79 Å². The van der Waals surface area contributed by atoms with Crippen molar-refractivity contribution >= 4 is 17.5 Å². The van der Waals surface area contributed by atoms with Gasteiger partial charge < -0.3 is 10.6 Å². The summed E-state index contributed by atoms with van der Waals surface area (Å²) in [6.07, 6.45) is 0. The van der Waals surface area contributed by atoms with Crippen LogP contribution in [0.15, 0.2) is 24.3 Å². The van der Waals surface area contributed by atoms with Crippen LogP contribution in [0.4, 0.5) is 0 Å². The van der Waals surface area contributed by atoms with Crippen LogP contribution in [0.1, 0.15) is 39.3 Å². The van der Waals surface area contributed by atoms with Gasteiger partial charge in [-0.15, -0.1) is 0 Å². The van der Waals surface area contributed by atoms with Gasteiger partial charge in [-0.05, 0) is 37.5 Å². The first-order valence-electron chi connectivity index (χ1n) is 6.99. The Morgan fingerprint density at radius 1 is 1.33 bits per heavy atom. The Morgan fingerprint density at radius 2 is 1.90 bits per heavy atom. The van der Waals surface area contributed by atoms with Crippen molar-refractivity contribution in [1.82, 2.24) is 10.6 Å². The van der Waals surface area contributed by atoms with E-state index in [1.165, 1.54) is 0 Å². The Morgan fingerprint density at radius 3 is 2.38 bits per heavy atom. The lowest BCUT2D eigenvalue weighted by Gasteiger charge is -2.27. The Hall–Kier alpha value is -1.57. The number of rotatable bonds is 6. The second-order valence-electron chi connectivity index (χ2n) is 5.67. The predicted molar refractivity (Wildman–Crippen MR) is 84.9 cm³/mol. The Labute approximate surface area is 131 Å². The number of amides is 1. The van der Waals surface area contributed by atoms with Crippen molar-refractivity contribution in [1.29, 1.82) is 5.26 Å². The highest BCUT2D eigenvalue weighted by molar-refractivity contribution is 6.30. The minimum atomic E-state index is -0.845. The summed E-state index contributed by atoms with van der Waals surface area (Å²) >= 11 is 5.85. The van der Waals surface area contributed by atoms with Crippen LogP contribution in [0, 0.1) is 17.2 Å². The topological polar surface area (TPSA) is 64.9 Å². The maximum Gasteiger partial charge on any atom is 0.235 e. The minimum Gasteiger partial charge on any atom is -0.337 e. The number of halogens is 1. The fraction of sp³-hybridized carbons (Fsp3) is 0.500. The van der Waals surface area contributed by atoms with E-state index in [2.05, 4.69) is 16.7 Å². The van der Waals surface area contributed by atoms with E-state index in [0.717, 1.165) is 5.56 Å². The molecular formula is C16H22ClN3O. The lowest BCUT2D eigenvalue weighted by Crippen LogP contribution is -2.51. The SMILES string of the molecule is CC(C)[C@](C)(C#N)NC(=O)CN[C@@H](C)c1ccc(Cl)cc1. The molecule has 2 N–H and O–H groups in total. The minimum absolute atomic E-state index is 0.0282. The number of carbonyl (C=O) groups excluding carboxylic acids is 1. The van der Waals surface area contributed by atoms with Crippen molar-refractivity contribution in [2.75, 3.05) is 6.54 Å². The molecule has 2 atom stereocenters. The molecular weight excluding hydrogens is 286 g/mol. The average molecular weight is 308 g/mol. The second-order valence-corrected chi connectivity index (χ2v) is 6.11. The Bertz CT molecular complexity index is 521. The van der Waals surface area contributed by atoms with Crippen molar-refractivity contribution in [3.8, 4) is 6.07 Å². The van der Waals surface area contributed by atoms with Gasteiger partial charge in [0, 0.05) is 11.1 Å². The van der Waals surface area contributed by atoms with E-state index in [-0.39, 0.29) is 24.4 Å². The molecule has 0 aliphatic rings. The van der Waals surface area contributed by atoms with Gasteiger partial charge in [0.2, 0.25) is 5.91 Å². The molecule has 0 bridgehead atoms. The average Bonchev–Trinajstić information content (AvgIpc) is 2.45. The highest BCUT2D eigenvalue weighted by Gasteiger charge is 2.29. The van der Waals surface area contributed by atoms with Gasteiger partial charge in [-0.1, -0.05) is 37.6 Å². The summed E-state index contributed by atoms with van der Waals surface area (Å²) in [7, 11) is 0. The molecule has 0 radical (unpaired) electrons. The molecule has 0 unspecified atom stereocenters. The van der Waals surface area contributed by atoms with Gasteiger partial charge in [-0.2, -0.15) is 5.26 Å².